The van der Waals surface area contributed by atoms with E-state index in [0.29, 0.717) is 11.5 Å². The number of nitrogens with one attached hydrogen (secondary N) is 1. The van der Waals surface area contributed by atoms with Crippen LogP contribution in [0.25, 0.3) is 10.9 Å². The minimum Gasteiger partial charge on any atom is -0.454 e. The second-order valence-corrected chi connectivity index (χ2v) is 7.75. The maximum Gasteiger partial charge on any atom is 0.234 e. The highest BCUT2D eigenvalue weighted by atomic mass is 32.2. The Morgan fingerprint density at radius 2 is 1.86 bits per heavy atom. The molecule has 0 radical (unpaired) electrons. The number of fused-ring (bicyclic) bond motifs is 2. The maximum atomic E-state index is 12.3. The van der Waals surface area contributed by atoms with Gasteiger partial charge in [0.2, 0.25) is 12.7 Å². The molecule has 0 aliphatic carbocycles. The summed E-state index contributed by atoms with van der Waals surface area (Å²) in [5.74, 6) is 1.68. The number of thioether (sulfide) groups is 1. The third kappa shape index (κ3) is 3.84. The number of carbonyl (C=O) groups excluding carboxylic acids is 1. The highest BCUT2D eigenvalue weighted by Gasteiger charge is 2.16. The Hall–Kier alpha value is -2.93. The van der Waals surface area contributed by atoms with Crippen LogP contribution in [0.2, 0.25) is 0 Å². The number of aromatic nitrogens is 1. The van der Waals surface area contributed by atoms with Crippen LogP contribution >= 0.6 is 11.8 Å². The molecule has 2 heterocycles. The summed E-state index contributed by atoms with van der Waals surface area (Å²) in [7, 11) is 3.97. The summed E-state index contributed by atoms with van der Waals surface area (Å²) >= 11 is 1.43. The standard InChI is InChI=1S/C21H21N3O3S/c1-13-8-14-9-18-19(27-12-26-18)10-17(14)23-21(13)28-11-20(25)22-15-4-6-16(7-5-15)24(2)3/h4-10H,11-12H2,1-3H3,(H,22,25). The Bertz CT molecular complexity index is 1040. The first kappa shape index (κ1) is 18.4. The minimum absolute atomic E-state index is 0.0606. The molecule has 0 unspecified atom stereocenters. The van der Waals surface area contributed by atoms with Crippen LogP contribution in [-0.2, 0) is 4.79 Å². The van der Waals surface area contributed by atoms with Crippen molar-refractivity contribution in [2.24, 2.45) is 0 Å². The topological polar surface area (TPSA) is 63.7 Å². The molecule has 0 saturated heterocycles. The molecule has 0 saturated carbocycles. The number of amides is 1. The van der Waals surface area contributed by atoms with Gasteiger partial charge in [0.25, 0.3) is 0 Å². The van der Waals surface area contributed by atoms with Crippen molar-refractivity contribution in [2.45, 2.75) is 11.9 Å². The zero-order valence-corrected chi connectivity index (χ0v) is 16.8. The monoisotopic (exact) mass is 395 g/mol. The van der Waals surface area contributed by atoms with E-state index < -0.39 is 0 Å². The van der Waals surface area contributed by atoms with Crippen molar-refractivity contribution in [3.8, 4) is 11.5 Å². The van der Waals surface area contributed by atoms with Crippen LogP contribution in [0.4, 0.5) is 11.4 Å². The Balaban J connectivity index is 1.43. The van der Waals surface area contributed by atoms with E-state index in [1.54, 1.807) is 0 Å². The van der Waals surface area contributed by atoms with Gasteiger partial charge in [0, 0.05) is 36.9 Å². The summed E-state index contributed by atoms with van der Waals surface area (Å²) in [5.41, 5.74) is 3.73. The highest BCUT2D eigenvalue weighted by molar-refractivity contribution is 8.00. The number of anilines is 2. The van der Waals surface area contributed by atoms with Gasteiger partial charge in [-0.2, -0.15) is 0 Å². The van der Waals surface area contributed by atoms with E-state index in [-0.39, 0.29) is 12.7 Å². The molecule has 28 heavy (non-hydrogen) atoms. The van der Waals surface area contributed by atoms with Gasteiger partial charge in [-0.15, -0.1) is 0 Å². The quantitative estimate of drug-likeness (QED) is 0.657. The lowest BCUT2D eigenvalue weighted by atomic mass is 10.1. The average Bonchev–Trinajstić information content (AvgIpc) is 3.12. The molecule has 3 aromatic rings. The number of ether oxygens (including phenoxy) is 2. The van der Waals surface area contributed by atoms with E-state index in [1.165, 1.54) is 11.8 Å². The Morgan fingerprint density at radius 1 is 1.14 bits per heavy atom. The first-order chi connectivity index (χ1) is 13.5. The van der Waals surface area contributed by atoms with E-state index >= 15 is 0 Å². The third-order valence-corrected chi connectivity index (χ3v) is 5.55. The van der Waals surface area contributed by atoms with Crippen LogP contribution < -0.4 is 19.7 Å². The van der Waals surface area contributed by atoms with Crippen molar-refractivity contribution in [3.63, 3.8) is 0 Å². The smallest absolute Gasteiger partial charge is 0.234 e. The van der Waals surface area contributed by atoms with Gasteiger partial charge in [-0.25, -0.2) is 4.98 Å². The summed E-state index contributed by atoms with van der Waals surface area (Å²) in [4.78, 5) is 19.0. The van der Waals surface area contributed by atoms with Gasteiger partial charge in [-0.3, -0.25) is 4.79 Å². The molecular formula is C21H21N3O3S. The Morgan fingerprint density at radius 3 is 2.57 bits per heavy atom. The molecule has 144 valence electrons. The SMILES string of the molecule is Cc1cc2cc3c(cc2nc1SCC(=O)Nc1ccc(N(C)C)cc1)OCO3. The Kier molecular flexibility index (Phi) is 5.00. The minimum atomic E-state index is -0.0606. The van der Waals surface area contributed by atoms with Crippen LogP contribution in [0.1, 0.15) is 5.56 Å². The molecule has 4 rings (SSSR count). The number of carbonyl (C=O) groups is 1. The molecule has 6 nitrogen and oxygen atoms in total. The molecule has 0 spiro atoms. The molecular weight excluding hydrogens is 374 g/mol. The Labute approximate surface area is 167 Å². The normalized spacial score (nSPS) is 12.2. The molecule has 7 heteroatoms. The first-order valence-corrected chi connectivity index (χ1v) is 9.89. The van der Waals surface area contributed by atoms with Gasteiger partial charge < -0.3 is 19.7 Å². The predicted molar refractivity (Wildman–Crippen MR) is 113 cm³/mol. The van der Waals surface area contributed by atoms with Gasteiger partial charge >= 0.3 is 0 Å². The number of benzene rings is 2. The van der Waals surface area contributed by atoms with Gasteiger partial charge in [-0.1, -0.05) is 11.8 Å². The lowest BCUT2D eigenvalue weighted by Crippen LogP contribution is -2.14. The molecule has 1 aromatic heterocycles. The third-order valence-electron chi connectivity index (χ3n) is 4.46. The molecule has 1 aliphatic rings. The fraction of sp³-hybridized carbons (Fsp3) is 0.238. The van der Waals surface area contributed by atoms with E-state index in [0.717, 1.165) is 38.6 Å². The van der Waals surface area contributed by atoms with Crippen molar-refractivity contribution in [2.75, 3.05) is 36.9 Å². The number of hydrogen-bond donors (Lipinski definition) is 1. The molecule has 1 N–H and O–H groups in total. The number of pyridine rings is 1. The first-order valence-electron chi connectivity index (χ1n) is 8.90. The van der Waals surface area contributed by atoms with Crippen molar-refractivity contribution in [3.05, 3.63) is 48.0 Å². The fourth-order valence-corrected chi connectivity index (χ4v) is 3.76. The van der Waals surface area contributed by atoms with Gasteiger partial charge in [-0.05, 0) is 48.9 Å². The summed E-state index contributed by atoms with van der Waals surface area (Å²) in [6, 6.07) is 13.6. The lowest BCUT2D eigenvalue weighted by Gasteiger charge is -2.13. The van der Waals surface area contributed by atoms with Crippen molar-refractivity contribution in [1.82, 2.24) is 4.98 Å². The average molecular weight is 395 g/mol. The van der Waals surface area contributed by atoms with Crippen LogP contribution in [0, 0.1) is 6.92 Å². The lowest BCUT2D eigenvalue weighted by molar-refractivity contribution is -0.113. The van der Waals surface area contributed by atoms with E-state index in [1.807, 2.05) is 62.3 Å². The predicted octanol–water partition coefficient (Wildman–Crippen LogP) is 4.07. The van der Waals surface area contributed by atoms with Gasteiger partial charge in [0.15, 0.2) is 11.5 Å². The maximum absolute atomic E-state index is 12.3. The van der Waals surface area contributed by atoms with Crippen molar-refractivity contribution in [1.29, 1.82) is 0 Å². The van der Waals surface area contributed by atoms with Crippen LogP contribution in [0.5, 0.6) is 11.5 Å². The number of aryl methyl sites for hydroxylation is 1. The molecule has 1 amide bonds. The molecule has 0 fully saturated rings. The van der Waals surface area contributed by atoms with Gasteiger partial charge in [0.1, 0.15) is 5.03 Å². The van der Waals surface area contributed by atoms with E-state index in [9.17, 15) is 4.79 Å². The highest BCUT2D eigenvalue weighted by Crippen LogP contribution is 2.36. The second kappa shape index (κ2) is 7.59. The molecule has 0 atom stereocenters. The summed E-state index contributed by atoms with van der Waals surface area (Å²) in [6.45, 7) is 2.24. The molecule has 2 aromatic carbocycles. The largest absolute Gasteiger partial charge is 0.454 e. The van der Waals surface area contributed by atoms with Crippen molar-refractivity contribution >= 4 is 39.9 Å². The van der Waals surface area contributed by atoms with E-state index in [4.69, 9.17) is 14.5 Å². The second-order valence-electron chi connectivity index (χ2n) is 6.79. The van der Waals surface area contributed by atoms with Crippen LogP contribution in [0.3, 0.4) is 0 Å². The van der Waals surface area contributed by atoms with Crippen LogP contribution in [-0.4, -0.2) is 37.5 Å². The van der Waals surface area contributed by atoms with Crippen LogP contribution in [0.15, 0.2) is 47.5 Å². The zero-order valence-electron chi connectivity index (χ0n) is 16.0. The fourth-order valence-electron chi connectivity index (χ4n) is 2.97. The zero-order chi connectivity index (χ0) is 19.7. The summed E-state index contributed by atoms with van der Waals surface area (Å²) < 4.78 is 10.8. The summed E-state index contributed by atoms with van der Waals surface area (Å²) in [5, 5.41) is 4.76. The number of hydrogen-bond acceptors (Lipinski definition) is 6. The molecule has 1 aliphatic heterocycles. The molecule has 0 bridgehead atoms. The number of rotatable bonds is 5. The number of nitrogens with zero attached hydrogens (tertiary/aromatic N) is 2. The van der Waals surface area contributed by atoms with E-state index in [2.05, 4.69) is 11.4 Å². The van der Waals surface area contributed by atoms with Gasteiger partial charge in [0.05, 0.1) is 11.3 Å². The summed E-state index contributed by atoms with van der Waals surface area (Å²) in [6.07, 6.45) is 0. The van der Waals surface area contributed by atoms with Crippen molar-refractivity contribution < 1.29 is 14.3 Å².